The number of hydrogen-bond acceptors (Lipinski definition) is 4. The van der Waals surface area contributed by atoms with Crippen LogP contribution in [0.1, 0.15) is 258 Å². The van der Waals surface area contributed by atoms with E-state index >= 15 is 0 Å². The van der Waals surface area contributed by atoms with Gasteiger partial charge in [0.25, 0.3) is 0 Å². The molecule has 1 atom stereocenters. The molecule has 0 bridgehead atoms. The number of unbranched alkanes of at least 4 members (excludes halogenated alkanes) is 30. The number of amides is 1. The van der Waals surface area contributed by atoms with Gasteiger partial charge in [-0.3, -0.25) is 14.4 Å². The number of allylic oxidation sites excluding steroid dienone is 2. The normalized spacial score (nSPS) is 12.0. The minimum absolute atomic E-state index is 0.00127. The highest BCUT2D eigenvalue weighted by atomic mass is 16.5. The molecule has 312 valence electrons. The van der Waals surface area contributed by atoms with E-state index in [0.29, 0.717) is 12.8 Å². The van der Waals surface area contributed by atoms with Crippen molar-refractivity contribution >= 4 is 17.8 Å². The minimum atomic E-state index is -1.02. The SMILES string of the molecule is CCCCCCCC/C=C\CCCC(CCCCCCCC(=O)NCC(=O)O)OC(=O)CCCCCCCCCCCCCCCCCCCCCC. The van der Waals surface area contributed by atoms with Crippen molar-refractivity contribution in [3.05, 3.63) is 12.2 Å². The number of carbonyl (C=O) groups excluding carboxylic acids is 2. The largest absolute Gasteiger partial charge is 0.480 e. The van der Waals surface area contributed by atoms with Crippen LogP contribution in [0.15, 0.2) is 12.2 Å². The second-order valence-corrected chi connectivity index (χ2v) is 16.0. The molecule has 0 heterocycles. The number of aliphatic carboxylic acids is 1. The molecule has 0 aromatic carbocycles. The van der Waals surface area contributed by atoms with Crippen LogP contribution in [0.25, 0.3) is 0 Å². The zero-order valence-corrected chi connectivity index (χ0v) is 35.4. The van der Waals surface area contributed by atoms with Crippen molar-refractivity contribution in [1.82, 2.24) is 5.32 Å². The number of nitrogens with one attached hydrogen (secondary N) is 1. The van der Waals surface area contributed by atoms with Crippen molar-refractivity contribution in [2.75, 3.05) is 6.54 Å². The van der Waals surface area contributed by atoms with Crippen molar-refractivity contribution in [3.63, 3.8) is 0 Å². The zero-order valence-electron chi connectivity index (χ0n) is 35.4. The summed E-state index contributed by atoms with van der Waals surface area (Å²) in [5.74, 6) is -1.23. The molecule has 1 unspecified atom stereocenters. The molecule has 0 aromatic rings. The van der Waals surface area contributed by atoms with Crippen molar-refractivity contribution < 1.29 is 24.2 Å². The van der Waals surface area contributed by atoms with E-state index in [0.717, 1.165) is 70.6 Å². The standard InChI is InChI=1S/C47H89NO5/c1-3-5-7-9-11-13-15-16-17-18-19-20-21-22-23-25-27-29-34-38-42-47(52)53-44(39-35-31-28-26-24-14-12-10-8-6-4-2)40-36-32-30-33-37-41-45(49)48-43-46(50)51/h26,28,44H,3-25,27,29-43H2,1-2H3,(H,48,49)(H,50,51)/b28-26-. The summed E-state index contributed by atoms with van der Waals surface area (Å²) in [6, 6.07) is 0. The summed E-state index contributed by atoms with van der Waals surface area (Å²) in [5.41, 5.74) is 0. The number of rotatable bonds is 43. The Morgan fingerprint density at radius 2 is 0.830 bits per heavy atom. The number of carboxylic acids is 1. The van der Waals surface area contributed by atoms with Crippen LogP contribution < -0.4 is 5.32 Å². The second kappa shape index (κ2) is 42.9. The van der Waals surface area contributed by atoms with Gasteiger partial charge in [-0.25, -0.2) is 0 Å². The Morgan fingerprint density at radius 1 is 0.472 bits per heavy atom. The molecule has 2 N–H and O–H groups in total. The Balaban J connectivity index is 4.03. The molecule has 0 saturated carbocycles. The predicted octanol–water partition coefficient (Wildman–Crippen LogP) is 14.5. The van der Waals surface area contributed by atoms with Gasteiger partial charge in [-0.1, -0.05) is 199 Å². The lowest BCUT2D eigenvalue weighted by molar-refractivity contribution is -0.150. The van der Waals surface area contributed by atoms with Gasteiger partial charge in [0.15, 0.2) is 0 Å². The van der Waals surface area contributed by atoms with E-state index in [1.54, 1.807) is 0 Å². The third kappa shape index (κ3) is 42.8. The molecule has 0 aliphatic rings. The Bertz CT molecular complexity index is 828. The van der Waals surface area contributed by atoms with Gasteiger partial charge in [-0.2, -0.15) is 0 Å². The molecule has 6 heteroatoms. The van der Waals surface area contributed by atoms with Crippen LogP contribution >= 0.6 is 0 Å². The highest BCUT2D eigenvalue weighted by Gasteiger charge is 2.14. The first kappa shape index (κ1) is 51.1. The lowest BCUT2D eigenvalue weighted by atomic mass is 10.0. The van der Waals surface area contributed by atoms with Crippen LogP contribution in [0.3, 0.4) is 0 Å². The lowest BCUT2D eigenvalue weighted by Crippen LogP contribution is -2.28. The molecule has 0 fully saturated rings. The fraction of sp³-hybridized carbons (Fsp3) is 0.894. The second-order valence-electron chi connectivity index (χ2n) is 16.0. The fourth-order valence-electron chi connectivity index (χ4n) is 7.22. The maximum atomic E-state index is 12.8. The molecule has 6 nitrogen and oxygen atoms in total. The summed E-state index contributed by atoms with van der Waals surface area (Å²) in [6.07, 6.45) is 50.7. The number of ether oxygens (including phenoxy) is 1. The fourth-order valence-corrected chi connectivity index (χ4v) is 7.22. The molecule has 0 saturated heterocycles. The van der Waals surface area contributed by atoms with E-state index < -0.39 is 5.97 Å². The first-order chi connectivity index (χ1) is 26.0. The average Bonchev–Trinajstić information content (AvgIpc) is 3.14. The smallest absolute Gasteiger partial charge is 0.322 e. The van der Waals surface area contributed by atoms with E-state index in [1.807, 2.05) is 0 Å². The monoisotopic (exact) mass is 748 g/mol. The molecular formula is C47H89NO5. The van der Waals surface area contributed by atoms with Crippen LogP contribution in [0, 0.1) is 0 Å². The van der Waals surface area contributed by atoms with Gasteiger partial charge in [-0.15, -0.1) is 0 Å². The molecule has 0 aliphatic carbocycles. The third-order valence-corrected chi connectivity index (χ3v) is 10.7. The molecule has 53 heavy (non-hydrogen) atoms. The summed E-state index contributed by atoms with van der Waals surface area (Å²) in [7, 11) is 0. The van der Waals surface area contributed by atoms with Crippen LogP contribution in [-0.4, -0.2) is 35.6 Å². The number of esters is 1. The van der Waals surface area contributed by atoms with Gasteiger partial charge in [0.2, 0.25) is 5.91 Å². The maximum absolute atomic E-state index is 12.8. The van der Waals surface area contributed by atoms with Crippen molar-refractivity contribution in [3.8, 4) is 0 Å². The van der Waals surface area contributed by atoms with Crippen LogP contribution in [0.5, 0.6) is 0 Å². The molecule has 0 aromatic heterocycles. The van der Waals surface area contributed by atoms with Crippen molar-refractivity contribution in [2.45, 2.75) is 264 Å². The molecular weight excluding hydrogens is 659 g/mol. The van der Waals surface area contributed by atoms with Crippen molar-refractivity contribution in [1.29, 1.82) is 0 Å². The maximum Gasteiger partial charge on any atom is 0.322 e. The summed E-state index contributed by atoms with van der Waals surface area (Å²) >= 11 is 0. The first-order valence-corrected chi connectivity index (χ1v) is 23.3. The van der Waals surface area contributed by atoms with E-state index in [1.165, 1.54) is 161 Å². The summed E-state index contributed by atoms with van der Waals surface area (Å²) in [4.78, 5) is 35.1. The van der Waals surface area contributed by atoms with E-state index in [2.05, 4.69) is 31.3 Å². The highest BCUT2D eigenvalue weighted by Crippen LogP contribution is 2.19. The summed E-state index contributed by atoms with van der Waals surface area (Å²) in [5, 5.41) is 11.1. The van der Waals surface area contributed by atoms with Crippen LogP contribution in [0.4, 0.5) is 0 Å². The molecule has 0 aliphatic heterocycles. The topological polar surface area (TPSA) is 92.7 Å². The van der Waals surface area contributed by atoms with Gasteiger partial charge in [0.1, 0.15) is 12.6 Å². The number of hydrogen-bond donors (Lipinski definition) is 2. The van der Waals surface area contributed by atoms with Crippen molar-refractivity contribution in [2.24, 2.45) is 0 Å². The minimum Gasteiger partial charge on any atom is -0.480 e. The molecule has 1 amide bonds. The molecule has 0 radical (unpaired) electrons. The quantitative estimate of drug-likeness (QED) is 0.0368. The Hall–Kier alpha value is -1.85. The molecule has 0 spiro atoms. The van der Waals surface area contributed by atoms with Crippen LogP contribution in [0.2, 0.25) is 0 Å². The lowest BCUT2D eigenvalue weighted by Gasteiger charge is -2.18. The number of carboxylic acid groups (broad SMARTS) is 1. The van der Waals surface area contributed by atoms with Gasteiger partial charge < -0.3 is 15.2 Å². The Morgan fingerprint density at radius 3 is 1.28 bits per heavy atom. The predicted molar refractivity (Wildman–Crippen MR) is 226 cm³/mol. The van der Waals surface area contributed by atoms with Gasteiger partial charge >= 0.3 is 11.9 Å². The first-order valence-electron chi connectivity index (χ1n) is 23.3. The van der Waals surface area contributed by atoms with E-state index in [-0.39, 0.29) is 24.5 Å². The zero-order chi connectivity index (χ0) is 38.7. The molecule has 0 rings (SSSR count). The van der Waals surface area contributed by atoms with Gasteiger partial charge in [-0.05, 0) is 57.8 Å². The van der Waals surface area contributed by atoms with E-state index in [4.69, 9.17) is 9.84 Å². The Kier molecular flexibility index (Phi) is 41.4. The van der Waals surface area contributed by atoms with Gasteiger partial charge in [0.05, 0.1) is 0 Å². The number of carbonyl (C=O) groups is 3. The summed E-state index contributed by atoms with van der Waals surface area (Å²) in [6.45, 7) is 4.24. The van der Waals surface area contributed by atoms with Gasteiger partial charge in [0, 0.05) is 12.8 Å². The Labute approximate surface area is 329 Å². The van der Waals surface area contributed by atoms with Crippen LogP contribution in [-0.2, 0) is 19.1 Å². The summed E-state index contributed by atoms with van der Waals surface area (Å²) < 4.78 is 6.02. The highest BCUT2D eigenvalue weighted by molar-refractivity contribution is 5.80. The van der Waals surface area contributed by atoms with E-state index in [9.17, 15) is 14.4 Å². The third-order valence-electron chi connectivity index (χ3n) is 10.7. The average molecular weight is 748 g/mol.